The smallest absolute Gasteiger partial charge is 0.330 e. The van der Waals surface area contributed by atoms with Gasteiger partial charge in [-0.25, -0.2) is 9.78 Å². The van der Waals surface area contributed by atoms with E-state index in [1.165, 1.54) is 22.0 Å². The summed E-state index contributed by atoms with van der Waals surface area (Å²) in [6.07, 6.45) is 3.79. The summed E-state index contributed by atoms with van der Waals surface area (Å²) in [4.78, 5) is 34.2. The van der Waals surface area contributed by atoms with Gasteiger partial charge in [0.05, 0.1) is 6.33 Å². The quantitative estimate of drug-likeness (QED) is 0.702. The third-order valence-electron chi connectivity index (χ3n) is 4.20. The number of aromatic amines is 2. The largest absolute Gasteiger partial charge is 0.331 e. The van der Waals surface area contributed by atoms with E-state index >= 15 is 0 Å². The molecule has 0 spiro atoms. The van der Waals surface area contributed by atoms with Crippen molar-refractivity contribution >= 4 is 11.2 Å². The molecule has 1 aliphatic rings. The summed E-state index contributed by atoms with van der Waals surface area (Å²) in [5.41, 5.74) is 2.49. The van der Waals surface area contributed by atoms with Gasteiger partial charge in [-0.15, -0.1) is 0 Å². The van der Waals surface area contributed by atoms with E-state index in [2.05, 4.69) is 27.1 Å². The van der Waals surface area contributed by atoms with Gasteiger partial charge in [-0.2, -0.15) is 0 Å². The lowest BCUT2D eigenvalue weighted by atomic mass is 9.88. The fraction of sp³-hybridized carbons (Fsp3) is 0.267. The molecule has 0 aliphatic heterocycles. The fourth-order valence-corrected chi connectivity index (χ4v) is 3.16. The molecule has 2 aromatic heterocycles. The Hall–Kier alpha value is -2.63. The Kier molecular flexibility index (Phi) is 2.57. The molecule has 0 saturated heterocycles. The maximum Gasteiger partial charge on any atom is 0.330 e. The first-order valence-electron chi connectivity index (χ1n) is 6.99. The molecule has 4 rings (SSSR count). The average molecular weight is 282 g/mol. The van der Waals surface area contributed by atoms with Crippen molar-refractivity contribution < 1.29 is 0 Å². The van der Waals surface area contributed by atoms with Gasteiger partial charge in [0.1, 0.15) is 5.65 Å². The monoisotopic (exact) mass is 282 g/mol. The molecule has 0 bridgehead atoms. The van der Waals surface area contributed by atoms with Crippen LogP contribution in [0.2, 0.25) is 0 Å². The summed E-state index contributed by atoms with van der Waals surface area (Å²) in [6, 6.07) is 8.07. The Labute approximate surface area is 119 Å². The number of hydrogen-bond donors (Lipinski definition) is 2. The molecule has 0 saturated carbocycles. The second-order valence-electron chi connectivity index (χ2n) is 5.40. The standard InChI is InChI=1S/C15H14N4O2/c20-14-12-13(17-8-16-12)18-15(21)19(14)11-6-5-9-3-1-2-4-10(9)7-11/h1-4,8,11H,5-7H2,(H,16,17)(H,18,21). The molecule has 2 N–H and O–H groups in total. The summed E-state index contributed by atoms with van der Waals surface area (Å²) in [7, 11) is 0. The van der Waals surface area contributed by atoms with Gasteiger partial charge in [0.25, 0.3) is 5.56 Å². The van der Waals surface area contributed by atoms with Crippen LogP contribution < -0.4 is 11.2 Å². The number of nitrogens with zero attached hydrogens (tertiary/aromatic N) is 2. The van der Waals surface area contributed by atoms with Gasteiger partial charge < -0.3 is 4.98 Å². The number of imidazole rings is 1. The molecule has 6 heteroatoms. The summed E-state index contributed by atoms with van der Waals surface area (Å²) >= 11 is 0. The number of H-pyrrole nitrogens is 2. The van der Waals surface area contributed by atoms with Crippen molar-refractivity contribution in [3.05, 3.63) is 62.6 Å². The minimum absolute atomic E-state index is 0.114. The van der Waals surface area contributed by atoms with Crippen LogP contribution in [0.5, 0.6) is 0 Å². The number of benzene rings is 1. The van der Waals surface area contributed by atoms with Gasteiger partial charge in [0.2, 0.25) is 0 Å². The zero-order chi connectivity index (χ0) is 14.4. The van der Waals surface area contributed by atoms with E-state index in [9.17, 15) is 9.59 Å². The highest BCUT2D eigenvalue weighted by Crippen LogP contribution is 2.27. The molecule has 1 atom stereocenters. The Morgan fingerprint density at radius 2 is 2.00 bits per heavy atom. The topological polar surface area (TPSA) is 83.5 Å². The second kappa shape index (κ2) is 4.44. The first kappa shape index (κ1) is 12.1. The predicted octanol–water partition coefficient (Wildman–Crippen LogP) is 1.14. The lowest BCUT2D eigenvalue weighted by molar-refractivity contribution is 0.417. The summed E-state index contributed by atoms with van der Waals surface area (Å²) in [6.45, 7) is 0. The second-order valence-corrected chi connectivity index (χ2v) is 5.40. The predicted molar refractivity (Wildman–Crippen MR) is 78.5 cm³/mol. The van der Waals surface area contributed by atoms with E-state index in [-0.39, 0.29) is 22.8 Å². The van der Waals surface area contributed by atoms with E-state index in [0.717, 1.165) is 12.8 Å². The summed E-state index contributed by atoms with van der Waals surface area (Å²) < 4.78 is 1.32. The van der Waals surface area contributed by atoms with Crippen LogP contribution >= 0.6 is 0 Å². The van der Waals surface area contributed by atoms with Crippen molar-refractivity contribution in [2.75, 3.05) is 0 Å². The van der Waals surface area contributed by atoms with Crippen molar-refractivity contribution in [3.8, 4) is 0 Å². The van der Waals surface area contributed by atoms with Crippen molar-refractivity contribution in [1.29, 1.82) is 0 Å². The van der Waals surface area contributed by atoms with Crippen molar-refractivity contribution in [3.63, 3.8) is 0 Å². The van der Waals surface area contributed by atoms with Crippen LogP contribution in [-0.4, -0.2) is 19.5 Å². The Morgan fingerprint density at radius 3 is 2.86 bits per heavy atom. The molecule has 3 aromatic rings. The van der Waals surface area contributed by atoms with Crippen LogP contribution in [0.3, 0.4) is 0 Å². The van der Waals surface area contributed by atoms with Crippen LogP contribution in [0.1, 0.15) is 23.6 Å². The number of nitrogens with one attached hydrogen (secondary N) is 2. The molecule has 1 unspecified atom stereocenters. The number of aryl methyl sites for hydroxylation is 1. The Balaban J connectivity index is 1.85. The van der Waals surface area contributed by atoms with E-state index in [0.29, 0.717) is 12.1 Å². The number of aromatic nitrogens is 4. The van der Waals surface area contributed by atoms with Crippen LogP contribution in [0.25, 0.3) is 11.2 Å². The SMILES string of the molecule is O=c1[nH]c2[nH]cnc2c(=O)n1C1CCc2ccccc2C1. The van der Waals surface area contributed by atoms with Crippen LogP contribution in [-0.2, 0) is 12.8 Å². The van der Waals surface area contributed by atoms with Crippen LogP contribution in [0, 0.1) is 0 Å². The lowest BCUT2D eigenvalue weighted by Crippen LogP contribution is -2.40. The molecule has 0 fully saturated rings. The zero-order valence-corrected chi connectivity index (χ0v) is 11.3. The molecule has 21 heavy (non-hydrogen) atoms. The molecule has 1 aromatic carbocycles. The van der Waals surface area contributed by atoms with Crippen molar-refractivity contribution in [1.82, 2.24) is 19.5 Å². The zero-order valence-electron chi connectivity index (χ0n) is 11.3. The van der Waals surface area contributed by atoms with Crippen LogP contribution in [0.4, 0.5) is 0 Å². The third-order valence-corrected chi connectivity index (χ3v) is 4.20. The fourth-order valence-electron chi connectivity index (χ4n) is 3.16. The molecular formula is C15H14N4O2. The lowest BCUT2D eigenvalue weighted by Gasteiger charge is -2.25. The minimum Gasteiger partial charge on any atom is -0.331 e. The first-order chi connectivity index (χ1) is 10.2. The Morgan fingerprint density at radius 1 is 1.19 bits per heavy atom. The van der Waals surface area contributed by atoms with Gasteiger partial charge in [-0.05, 0) is 30.4 Å². The maximum atomic E-state index is 12.5. The van der Waals surface area contributed by atoms with E-state index in [4.69, 9.17) is 0 Å². The van der Waals surface area contributed by atoms with Gasteiger partial charge in [-0.3, -0.25) is 14.3 Å². The van der Waals surface area contributed by atoms with Crippen molar-refractivity contribution in [2.24, 2.45) is 0 Å². The highest BCUT2D eigenvalue weighted by molar-refractivity contribution is 5.67. The number of fused-ring (bicyclic) bond motifs is 2. The molecule has 0 radical (unpaired) electrons. The molecule has 0 amide bonds. The molecule has 2 heterocycles. The highest BCUT2D eigenvalue weighted by atomic mass is 16.2. The molecular weight excluding hydrogens is 268 g/mol. The number of rotatable bonds is 1. The normalized spacial score (nSPS) is 17.8. The molecule has 6 nitrogen and oxygen atoms in total. The van der Waals surface area contributed by atoms with Gasteiger partial charge in [0.15, 0.2) is 5.52 Å². The average Bonchev–Trinajstić information content (AvgIpc) is 2.95. The molecule has 1 aliphatic carbocycles. The maximum absolute atomic E-state index is 12.5. The van der Waals surface area contributed by atoms with E-state index in [1.807, 2.05) is 12.1 Å². The molecule has 106 valence electrons. The first-order valence-corrected chi connectivity index (χ1v) is 6.99. The highest BCUT2D eigenvalue weighted by Gasteiger charge is 2.23. The van der Waals surface area contributed by atoms with Crippen molar-refractivity contribution in [2.45, 2.75) is 25.3 Å². The third kappa shape index (κ3) is 1.83. The summed E-state index contributed by atoms with van der Waals surface area (Å²) in [5, 5.41) is 0. The Bertz CT molecular complexity index is 934. The van der Waals surface area contributed by atoms with Gasteiger partial charge >= 0.3 is 5.69 Å². The minimum atomic E-state index is -0.374. The van der Waals surface area contributed by atoms with Gasteiger partial charge in [0, 0.05) is 6.04 Å². The van der Waals surface area contributed by atoms with Gasteiger partial charge in [-0.1, -0.05) is 24.3 Å². The number of hydrogen-bond acceptors (Lipinski definition) is 3. The van der Waals surface area contributed by atoms with E-state index < -0.39 is 0 Å². The van der Waals surface area contributed by atoms with E-state index in [1.54, 1.807) is 0 Å². The summed E-state index contributed by atoms with van der Waals surface area (Å²) in [5.74, 6) is 0. The van der Waals surface area contributed by atoms with Crippen LogP contribution in [0.15, 0.2) is 40.2 Å².